The van der Waals surface area contributed by atoms with Crippen LogP contribution < -0.4 is 10.1 Å². The highest BCUT2D eigenvalue weighted by Gasteiger charge is 2.31. The number of hydrogen-bond donors (Lipinski definition) is 2. The first-order valence-electron chi connectivity index (χ1n) is 5.81. The lowest BCUT2D eigenvalue weighted by Crippen LogP contribution is -2.06. The van der Waals surface area contributed by atoms with Crippen molar-refractivity contribution >= 4 is 11.3 Å². The van der Waals surface area contributed by atoms with Gasteiger partial charge in [-0.1, -0.05) is 0 Å². The Hall–Kier alpha value is -3.09. The number of aromatic nitrogens is 4. The van der Waals surface area contributed by atoms with Crippen LogP contribution in [0.3, 0.4) is 0 Å². The van der Waals surface area contributed by atoms with E-state index in [1.54, 1.807) is 0 Å². The molecule has 0 radical (unpaired) electrons. The molecule has 0 atom stereocenters. The minimum atomic E-state index is -4.49. The van der Waals surface area contributed by atoms with Gasteiger partial charge in [0, 0.05) is 6.20 Å². The van der Waals surface area contributed by atoms with Crippen molar-refractivity contribution in [1.82, 2.24) is 20.6 Å². The summed E-state index contributed by atoms with van der Waals surface area (Å²) >= 11 is 0. The number of allylic oxidation sites excluding steroid dienone is 1. The first-order valence-corrected chi connectivity index (χ1v) is 5.81. The van der Waals surface area contributed by atoms with E-state index in [2.05, 4.69) is 25.9 Å². The highest BCUT2D eigenvalue weighted by molar-refractivity contribution is 5.75. The van der Waals surface area contributed by atoms with E-state index in [1.165, 1.54) is 19.4 Å². The van der Waals surface area contributed by atoms with E-state index in [9.17, 15) is 13.2 Å². The summed E-state index contributed by atoms with van der Waals surface area (Å²) in [7, 11) is 1.32. The summed E-state index contributed by atoms with van der Waals surface area (Å²) in [5.74, 6) is 0.204. The largest absolute Gasteiger partial charge is 0.495 e. The highest BCUT2D eigenvalue weighted by atomic mass is 19.4. The molecule has 2 N–H and O–H groups in total. The molecule has 2 rings (SSSR count). The fraction of sp³-hybridized carbons (Fsp3) is 0.167. The molecule has 0 aliphatic carbocycles. The zero-order valence-electron chi connectivity index (χ0n) is 11.1. The molecule has 0 aliphatic heterocycles. The maximum absolute atomic E-state index is 12.7. The van der Waals surface area contributed by atoms with Crippen LogP contribution in [0, 0.1) is 11.3 Å². The molecule has 22 heavy (non-hydrogen) atoms. The SMILES string of the molecule is COc1ccc(C(F)(F)F)cc1NC=C(C#N)c1nn[nH]n1. The van der Waals surface area contributed by atoms with Crippen LogP contribution in [0.2, 0.25) is 0 Å². The molecule has 0 amide bonds. The minimum Gasteiger partial charge on any atom is -0.495 e. The van der Waals surface area contributed by atoms with Crippen molar-refractivity contribution in [3.63, 3.8) is 0 Å². The monoisotopic (exact) mass is 310 g/mol. The summed E-state index contributed by atoms with van der Waals surface area (Å²) in [4.78, 5) is 0. The maximum atomic E-state index is 12.7. The maximum Gasteiger partial charge on any atom is 0.416 e. The lowest BCUT2D eigenvalue weighted by atomic mass is 10.1. The molecular weight excluding hydrogens is 301 g/mol. The molecule has 0 unspecified atom stereocenters. The molecule has 0 fully saturated rings. The van der Waals surface area contributed by atoms with Gasteiger partial charge in [-0.2, -0.15) is 23.6 Å². The summed E-state index contributed by atoms with van der Waals surface area (Å²) < 4.78 is 43.1. The summed E-state index contributed by atoms with van der Waals surface area (Å²) in [6.45, 7) is 0. The number of anilines is 1. The topological polar surface area (TPSA) is 99.5 Å². The number of hydrogen-bond acceptors (Lipinski definition) is 6. The van der Waals surface area contributed by atoms with E-state index < -0.39 is 11.7 Å². The Bertz CT molecular complexity index is 717. The van der Waals surface area contributed by atoms with Gasteiger partial charge in [0.05, 0.1) is 18.4 Å². The number of nitrogens with one attached hydrogen (secondary N) is 2. The normalized spacial score (nSPS) is 11.9. The number of tetrazole rings is 1. The van der Waals surface area contributed by atoms with Crippen molar-refractivity contribution in [1.29, 1.82) is 5.26 Å². The first-order chi connectivity index (χ1) is 10.5. The Kier molecular flexibility index (Phi) is 4.26. The van der Waals surface area contributed by atoms with E-state index in [4.69, 9.17) is 10.00 Å². The molecule has 0 saturated heterocycles. The minimum absolute atomic E-state index is 0.00628. The highest BCUT2D eigenvalue weighted by Crippen LogP contribution is 2.35. The fourth-order valence-electron chi connectivity index (χ4n) is 1.57. The number of methoxy groups -OCH3 is 1. The molecule has 0 saturated carbocycles. The number of benzene rings is 1. The lowest BCUT2D eigenvalue weighted by molar-refractivity contribution is -0.137. The van der Waals surface area contributed by atoms with Gasteiger partial charge in [0.2, 0.25) is 5.82 Å². The lowest BCUT2D eigenvalue weighted by Gasteiger charge is -2.12. The van der Waals surface area contributed by atoms with Gasteiger partial charge in [-0.25, -0.2) is 0 Å². The van der Waals surface area contributed by atoms with Gasteiger partial charge in [0.25, 0.3) is 0 Å². The number of nitriles is 1. The quantitative estimate of drug-likeness (QED) is 0.840. The van der Waals surface area contributed by atoms with E-state index >= 15 is 0 Å². The first kappa shape index (κ1) is 15.3. The summed E-state index contributed by atoms with van der Waals surface area (Å²) in [6.07, 6.45) is -3.32. The number of halogens is 3. The average molecular weight is 310 g/mol. The third-order valence-corrected chi connectivity index (χ3v) is 2.61. The Morgan fingerprint density at radius 2 is 2.23 bits per heavy atom. The zero-order valence-corrected chi connectivity index (χ0v) is 11.1. The Balaban J connectivity index is 2.34. The molecule has 7 nitrogen and oxygen atoms in total. The fourth-order valence-corrected chi connectivity index (χ4v) is 1.57. The van der Waals surface area contributed by atoms with Crippen molar-refractivity contribution in [3.05, 3.63) is 35.8 Å². The van der Waals surface area contributed by atoms with E-state index in [-0.39, 0.29) is 22.8 Å². The van der Waals surface area contributed by atoms with Crippen molar-refractivity contribution in [2.45, 2.75) is 6.18 Å². The van der Waals surface area contributed by atoms with Gasteiger partial charge in [0.1, 0.15) is 17.4 Å². The third-order valence-electron chi connectivity index (χ3n) is 2.61. The molecule has 0 spiro atoms. The second kappa shape index (κ2) is 6.13. The van der Waals surface area contributed by atoms with Gasteiger partial charge in [-0.3, -0.25) is 0 Å². The van der Waals surface area contributed by atoms with Crippen LogP contribution in [0.15, 0.2) is 24.4 Å². The second-order valence-electron chi connectivity index (χ2n) is 3.96. The molecule has 0 bridgehead atoms. The van der Waals surface area contributed by atoms with Crippen molar-refractivity contribution in [2.75, 3.05) is 12.4 Å². The predicted molar refractivity (Wildman–Crippen MR) is 69.4 cm³/mol. The molecule has 0 aliphatic rings. The number of aromatic amines is 1. The second-order valence-corrected chi connectivity index (χ2v) is 3.96. The molecular formula is C12H9F3N6O. The van der Waals surface area contributed by atoms with Crippen LogP contribution >= 0.6 is 0 Å². The predicted octanol–water partition coefficient (Wildman–Crippen LogP) is 2.20. The summed E-state index contributed by atoms with van der Waals surface area (Å²) in [6, 6.07) is 4.76. The third kappa shape index (κ3) is 3.32. The van der Waals surface area contributed by atoms with E-state index in [0.29, 0.717) is 0 Å². The number of rotatable bonds is 4. The molecule has 1 aromatic carbocycles. The molecule has 10 heteroatoms. The Morgan fingerprint density at radius 1 is 1.45 bits per heavy atom. The van der Waals surface area contributed by atoms with Crippen LogP contribution in [0.1, 0.15) is 11.4 Å². The van der Waals surface area contributed by atoms with Crippen molar-refractivity contribution in [2.24, 2.45) is 0 Å². The van der Waals surface area contributed by atoms with Crippen LogP contribution in [0.5, 0.6) is 5.75 Å². The number of ether oxygens (including phenoxy) is 1. The van der Waals surface area contributed by atoms with Gasteiger partial charge in [-0.05, 0) is 23.4 Å². The van der Waals surface area contributed by atoms with Crippen LogP contribution in [-0.2, 0) is 6.18 Å². The summed E-state index contributed by atoms with van der Waals surface area (Å²) in [5, 5.41) is 24.3. The van der Waals surface area contributed by atoms with E-state index in [1.807, 2.05) is 6.07 Å². The van der Waals surface area contributed by atoms with Gasteiger partial charge < -0.3 is 10.1 Å². The van der Waals surface area contributed by atoms with Crippen LogP contribution in [-0.4, -0.2) is 27.7 Å². The molecule has 1 heterocycles. The Morgan fingerprint density at radius 3 is 2.77 bits per heavy atom. The molecule has 2 aromatic rings. The van der Waals surface area contributed by atoms with Crippen LogP contribution in [0.4, 0.5) is 18.9 Å². The molecule has 1 aromatic heterocycles. The zero-order chi connectivity index (χ0) is 16.2. The standard InChI is InChI=1S/C12H9F3N6O/c1-22-10-3-2-8(12(13,14)15)4-9(10)17-6-7(5-16)11-18-20-21-19-11/h2-4,6,17H,1H3,(H,18,19,20,21). The van der Waals surface area contributed by atoms with Crippen LogP contribution in [0.25, 0.3) is 5.57 Å². The number of H-pyrrole nitrogens is 1. The molecule has 114 valence electrons. The van der Waals surface area contributed by atoms with Crippen molar-refractivity contribution < 1.29 is 17.9 Å². The van der Waals surface area contributed by atoms with Gasteiger partial charge in [0.15, 0.2) is 0 Å². The van der Waals surface area contributed by atoms with Gasteiger partial charge >= 0.3 is 6.18 Å². The number of nitrogens with zero attached hydrogens (tertiary/aromatic N) is 4. The van der Waals surface area contributed by atoms with E-state index in [0.717, 1.165) is 12.1 Å². The summed E-state index contributed by atoms with van der Waals surface area (Å²) in [5.41, 5.74) is -0.802. The van der Waals surface area contributed by atoms with Crippen molar-refractivity contribution in [3.8, 4) is 11.8 Å². The average Bonchev–Trinajstić information content (AvgIpc) is 3.01. The number of alkyl halides is 3. The smallest absolute Gasteiger partial charge is 0.416 e. The Labute approximate surface area is 122 Å². The van der Waals surface area contributed by atoms with Gasteiger partial charge in [-0.15, -0.1) is 10.2 Å².